The second kappa shape index (κ2) is 14.6. The van der Waals surface area contributed by atoms with Crippen molar-refractivity contribution in [2.75, 3.05) is 56.2 Å². The molecule has 0 atom stereocenters. The zero-order valence-electron chi connectivity index (χ0n) is 22.4. The molecule has 0 aromatic carbocycles. The van der Waals surface area contributed by atoms with Gasteiger partial charge < -0.3 is 30.7 Å². The van der Waals surface area contributed by atoms with Gasteiger partial charge in [-0.1, -0.05) is 0 Å². The van der Waals surface area contributed by atoms with E-state index in [9.17, 15) is 39.5 Å². The largest absolute Gasteiger partial charge is 0.490 e. The van der Waals surface area contributed by atoms with Crippen LogP contribution in [0.25, 0.3) is 11.0 Å². The maximum absolute atomic E-state index is 12.7. The van der Waals surface area contributed by atoms with Crippen LogP contribution in [-0.4, -0.2) is 105 Å². The lowest BCUT2D eigenvalue weighted by molar-refractivity contribution is -0.192. The fourth-order valence-corrected chi connectivity index (χ4v) is 3.65. The number of nitrogens with one attached hydrogen (secondary N) is 3. The third-order valence-electron chi connectivity index (χ3n) is 5.45. The van der Waals surface area contributed by atoms with Gasteiger partial charge in [-0.3, -0.25) is 4.68 Å². The Morgan fingerprint density at radius 2 is 1.73 bits per heavy atom. The minimum absolute atomic E-state index is 0.124. The van der Waals surface area contributed by atoms with Gasteiger partial charge in [0, 0.05) is 38.9 Å². The summed E-state index contributed by atoms with van der Waals surface area (Å²) < 4.78 is 113. The summed E-state index contributed by atoms with van der Waals surface area (Å²) in [7, 11) is 0. The van der Waals surface area contributed by atoms with E-state index >= 15 is 0 Å². The first-order chi connectivity index (χ1) is 20.5. The Labute approximate surface area is 241 Å². The molecule has 3 aromatic heterocycles. The number of aromatic nitrogens is 6. The Morgan fingerprint density at radius 3 is 2.30 bits per heavy atom. The fraction of sp³-hybridized carbons (Fsp3) is 0.545. The van der Waals surface area contributed by atoms with Crippen LogP contribution in [0.4, 0.5) is 57.1 Å². The number of fused-ring (bicyclic) bond motifs is 1. The highest BCUT2D eigenvalue weighted by molar-refractivity contribution is 5.90. The number of carboxylic acid groups (broad SMARTS) is 1. The minimum Gasteiger partial charge on any atom is -0.475 e. The summed E-state index contributed by atoms with van der Waals surface area (Å²) in [4.78, 5) is 28.0. The molecule has 0 bridgehead atoms. The summed E-state index contributed by atoms with van der Waals surface area (Å²) >= 11 is 0. The lowest BCUT2D eigenvalue weighted by Gasteiger charge is -2.27. The summed E-state index contributed by atoms with van der Waals surface area (Å²) in [6.45, 7) is -0.882. The molecule has 0 saturated carbocycles. The van der Waals surface area contributed by atoms with Crippen molar-refractivity contribution in [3.8, 4) is 0 Å². The fourth-order valence-electron chi connectivity index (χ4n) is 3.65. The van der Waals surface area contributed by atoms with Crippen molar-refractivity contribution in [1.82, 2.24) is 40.3 Å². The van der Waals surface area contributed by atoms with Crippen molar-refractivity contribution >= 4 is 34.6 Å². The van der Waals surface area contributed by atoms with Gasteiger partial charge >= 0.3 is 24.5 Å². The predicted octanol–water partition coefficient (Wildman–Crippen LogP) is 2.63. The molecule has 1 fully saturated rings. The molecule has 4 rings (SSSR count). The molecule has 0 aliphatic carbocycles. The number of halogens is 9. The summed E-state index contributed by atoms with van der Waals surface area (Å²) in [5.74, 6) is -1.82. The van der Waals surface area contributed by atoms with E-state index < -0.39 is 37.6 Å². The van der Waals surface area contributed by atoms with Crippen molar-refractivity contribution in [1.29, 1.82) is 0 Å². The van der Waals surface area contributed by atoms with Gasteiger partial charge in [-0.15, -0.1) is 0 Å². The van der Waals surface area contributed by atoms with Crippen molar-refractivity contribution in [2.45, 2.75) is 31.6 Å². The van der Waals surface area contributed by atoms with Gasteiger partial charge in [-0.25, -0.2) is 19.7 Å². The number of hydrogen-bond donors (Lipinski definition) is 4. The monoisotopic (exact) mass is 648 g/mol. The van der Waals surface area contributed by atoms with E-state index in [1.165, 1.54) is 17.2 Å². The van der Waals surface area contributed by atoms with Crippen LogP contribution in [0, 0.1) is 0 Å². The normalized spacial score (nSPS) is 14.3. The number of carboxylic acids is 1. The van der Waals surface area contributed by atoms with E-state index in [2.05, 4.69) is 41.0 Å². The lowest BCUT2D eigenvalue weighted by Crippen LogP contribution is -2.44. The van der Waals surface area contributed by atoms with Crippen LogP contribution in [-0.2, 0) is 22.6 Å². The average Bonchev–Trinajstić information content (AvgIpc) is 3.28. The molecular formula is C22H25F9N10O3. The van der Waals surface area contributed by atoms with Crippen LogP contribution in [0.15, 0.2) is 18.6 Å². The number of alkyl halides is 9. The zero-order valence-corrected chi connectivity index (χ0v) is 22.4. The molecule has 4 heterocycles. The number of rotatable bonds is 10. The molecule has 1 saturated heterocycles. The Bertz CT molecular complexity index is 1360. The van der Waals surface area contributed by atoms with Crippen LogP contribution in [0.2, 0.25) is 0 Å². The van der Waals surface area contributed by atoms with E-state index in [-0.39, 0.29) is 42.2 Å². The SMILES string of the molecule is FC(F)(F)CNCc1nn(CCOCC(F)(F)F)c2c(Nc3ccncn3)nc(N3CCNCC3)nc12.O=C(O)C(F)(F)F. The molecule has 0 spiro atoms. The second-order valence-electron chi connectivity index (χ2n) is 8.89. The van der Waals surface area contributed by atoms with Crippen LogP contribution in [0.1, 0.15) is 5.69 Å². The first-order valence-electron chi connectivity index (χ1n) is 12.5. The smallest absolute Gasteiger partial charge is 0.475 e. The van der Waals surface area contributed by atoms with Crippen LogP contribution >= 0.6 is 0 Å². The zero-order chi connectivity index (χ0) is 32.5. The van der Waals surface area contributed by atoms with Gasteiger partial charge in [-0.2, -0.15) is 49.6 Å². The first kappa shape index (κ1) is 34.4. The molecule has 4 N–H and O–H groups in total. The van der Waals surface area contributed by atoms with Crippen molar-refractivity contribution in [2.24, 2.45) is 0 Å². The number of nitrogens with zero attached hydrogens (tertiary/aromatic N) is 7. The predicted molar refractivity (Wildman–Crippen MR) is 134 cm³/mol. The van der Waals surface area contributed by atoms with Crippen LogP contribution in [0.3, 0.4) is 0 Å². The van der Waals surface area contributed by atoms with Gasteiger partial charge in [0.2, 0.25) is 5.95 Å². The van der Waals surface area contributed by atoms with Gasteiger partial charge in [0.25, 0.3) is 0 Å². The van der Waals surface area contributed by atoms with Crippen LogP contribution in [0.5, 0.6) is 0 Å². The molecule has 244 valence electrons. The highest BCUT2D eigenvalue weighted by Crippen LogP contribution is 2.29. The number of carbonyl (C=O) groups is 1. The van der Waals surface area contributed by atoms with E-state index in [0.29, 0.717) is 37.9 Å². The number of hydrogen-bond acceptors (Lipinski definition) is 11. The molecular weight excluding hydrogens is 623 g/mol. The molecule has 3 aromatic rings. The maximum atomic E-state index is 12.7. The van der Waals surface area contributed by atoms with Gasteiger partial charge in [0.05, 0.1) is 19.7 Å². The molecule has 1 aliphatic heterocycles. The highest BCUT2D eigenvalue weighted by Gasteiger charge is 2.38. The van der Waals surface area contributed by atoms with Gasteiger partial charge in [0.1, 0.15) is 35.5 Å². The average molecular weight is 648 g/mol. The Hall–Kier alpha value is -4.05. The standard InChI is InChI=1S/C20H24F6N10O.C2HF3O2/c21-19(22,23)10-29-9-13-15-16(36(34-13)7-8-37-11-20(24,25)26)17(31-14-1-2-28-12-30-14)33-18(32-15)35-5-3-27-4-6-35;3-2(4,5)1(6)7/h1-2,12,27,29H,3-11H2,(H,28,30,31,32,33);(H,6,7). The Morgan fingerprint density at radius 1 is 1.05 bits per heavy atom. The summed E-state index contributed by atoms with van der Waals surface area (Å²) in [6.07, 6.45) is -11.2. The van der Waals surface area contributed by atoms with E-state index in [1.807, 2.05) is 4.90 Å². The third-order valence-corrected chi connectivity index (χ3v) is 5.45. The summed E-state index contributed by atoms with van der Waals surface area (Å²) in [6, 6.07) is 1.58. The second-order valence-corrected chi connectivity index (χ2v) is 8.89. The first-order valence-corrected chi connectivity index (χ1v) is 12.5. The Kier molecular flexibility index (Phi) is 11.4. The Balaban J connectivity index is 0.000000676. The maximum Gasteiger partial charge on any atom is 0.490 e. The van der Waals surface area contributed by atoms with Crippen LogP contribution < -0.4 is 20.9 Å². The van der Waals surface area contributed by atoms with E-state index in [1.54, 1.807) is 6.07 Å². The van der Waals surface area contributed by atoms with Crippen molar-refractivity contribution < 1.29 is 54.2 Å². The van der Waals surface area contributed by atoms with Gasteiger partial charge in [0.15, 0.2) is 5.82 Å². The molecule has 44 heavy (non-hydrogen) atoms. The molecule has 0 radical (unpaired) electrons. The minimum atomic E-state index is -5.08. The van der Waals surface area contributed by atoms with E-state index in [4.69, 9.17) is 14.6 Å². The quantitative estimate of drug-likeness (QED) is 0.189. The summed E-state index contributed by atoms with van der Waals surface area (Å²) in [5, 5.41) is 20.0. The van der Waals surface area contributed by atoms with Crippen molar-refractivity contribution in [3.63, 3.8) is 0 Å². The molecule has 13 nitrogen and oxygen atoms in total. The highest BCUT2D eigenvalue weighted by atomic mass is 19.4. The molecule has 1 aliphatic rings. The molecule has 0 amide bonds. The number of ether oxygens (including phenoxy) is 1. The number of anilines is 3. The topological polar surface area (TPSA) is 155 Å². The lowest BCUT2D eigenvalue weighted by atomic mass is 10.3. The third kappa shape index (κ3) is 10.9. The molecule has 22 heteroatoms. The molecule has 0 unspecified atom stereocenters. The van der Waals surface area contributed by atoms with Crippen molar-refractivity contribution in [3.05, 3.63) is 24.3 Å². The van der Waals surface area contributed by atoms with E-state index in [0.717, 1.165) is 0 Å². The van der Waals surface area contributed by atoms with Gasteiger partial charge in [-0.05, 0) is 6.07 Å². The summed E-state index contributed by atoms with van der Waals surface area (Å²) in [5.41, 5.74) is 0.724. The number of piperazine rings is 1. The number of aliphatic carboxylic acids is 1.